The average Bonchev–Trinajstić information content (AvgIpc) is 2.77. The lowest BCUT2D eigenvalue weighted by atomic mass is 10.1. The summed E-state index contributed by atoms with van der Waals surface area (Å²) in [7, 11) is 1.67. The van der Waals surface area contributed by atoms with E-state index >= 15 is 0 Å². The molecule has 0 radical (unpaired) electrons. The smallest absolute Gasteiger partial charge is 0.324 e. The van der Waals surface area contributed by atoms with Gasteiger partial charge in [-0.15, -0.1) is 11.8 Å². The van der Waals surface area contributed by atoms with Gasteiger partial charge < -0.3 is 9.64 Å². The number of rotatable bonds is 7. The number of esters is 1. The van der Waals surface area contributed by atoms with Crippen LogP contribution in [0.5, 0.6) is 0 Å². The predicted molar refractivity (Wildman–Crippen MR) is 112 cm³/mol. The molecule has 0 N–H and O–H groups in total. The number of hydrogen-bond donors (Lipinski definition) is 0. The number of ether oxygens (including phenoxy) is 1. The van der Waals surface area contributed by atoms with Gasteiger partial charge in [-0.3, -0.25) is 9.59 Å². The molecule has 1 amide bonds. The van der Waals surface area contributed by atoms with Gasteiger partial charge in [0.1, 0.15) is 5.25 Å². The van der Waals surface area contributed by atoms with Crippen LogP contribution in [-0.2, 0) is 14.3 Å². The number of nitrogens with zero attached hydrogens (tertiary/aromatic N) is 1. The Balaban J connectivity index is 1.68. The van der Waals surface area contributed by atoms with E-state index in [1.54, 1.807) is 7.05 Å². The number of thioether (sulfide) groups is 1. The third-order valence-corrected chi connectivity index (χ3v) is 5.41. The van der Waals surface area contributed by atoms with E-state index in [9.17, 15) is 9.59 Å². The second-order valence-electron chi connectivity index (χ2n) is 6.12. The van der Waals surface area contributed by atoms with Gasteiger partial charge in [-0.25, -0.2) is 0 Å². The molecule has 3 rings (SSSR count). The van der Waals surface area contributed by atoms with Crippen LogP contribution in [0.15, 0.2) is 95.9 Å². The minimum absolute atomic E-state index is 0.281. The summed E-state index contributed by atoms with van der Waals surface area (Å²) in [5, 5.41) is -0.543. The SMILES string of the molecule is CN(C(=O)COC(=O)[C@H](Sc1ccccc1)c1ccccc1)c1ccccc1. The predicted octanol–water partition coefficient (Wildman–Crippen LogP) is 4.73. The van der Waals surface area contributed by atoms with Crippen molar-refractivity contribution < 1.29 is 14.3 Å². The van der Waals surface area contributed by atoms with Crippen LogP contribution in [0.3, 0.4) is 0 Å². The van der Waals surface area contributed by atoms with Gasteiger partial charge in [-0.1, -0.05) is 66.7 Å². The highest BCUT2D eigenvalue weighted by atomic mass is 32.2. The van der Waals surface area contributed by atoms with Crippen LogP contribution in [0.25, 0.3) is 0 Å². The zero-order valence-corrected chi connectivity index (χ0v) is 16.3. The van der Waals surface area contributed by atoms with Crippen LogP contribution in [0.1, 0.15) is 10.8 Å². The first-order valence-corrected chi connectivity index (χ1v) is 9.78. The maximum absolute atomic E-state index is 12.8. The van der Waals surface area contributed by atoms with Crippen molar-refractivity contribution in [3.05, 3.63) is 96.6 Å². The molecule has 0 saturated carbocycles. The Kier molecular flexibility index (Phi) is 6.87. The Hall–Kier alpha value is -3.05. The number of benzene rings is 3. The van der Waals surface area contributed by atoms with Crippen molar-refractivity contribution in [2.45, 2.75) is 10.1 Å². The molecule has 0 saturated heterocycles. The minimum Gasteiger partial charge on any atom is -0.454 e. The van der Waals surface area contributed by atoms with Gasteiger partial charge in [-0.05, 0) is 29.8 Å². The molecule has 28 heavy (non-hydrogen) atoms. The molecule has 0 bridgehead atoms. The summed E-state index contributed by atoms with van der Waals surface area (Å²) in [6, 6.07) is 28.4. The lowest BCUT2D eigenvalue weighted by molar-refractivity contribution is -0.147. The van der Waals surface area contributed by atoms with Crippen LogP contribution < -0.4 is 4.90 Å². The first-order chi connectivity index (χ1) is 13.6. The zero-order chi connectivity index (χ0) is 19.8. The van der Waals surface area contributed by atoms with Crippen molar-refractivity contribution in [2.75, 3.05) is 18.6 Å². The third kappa shape index (κ3) is 5.24. The number of para-hydroxylation sites is 1. The number of carbonyl (C=O) groups excluding carboxylic acids is 2. The lowest BCUT2D eigenvalue weighted by Gasteiger charge is -2.19. The fourth-order valence-corrected chi connectivity index (χ4v) is 3.66. The summed E-state index contributed by atoms with van der Waals surface area (Å²) in [6.45, 7) is -0.303. The highest BCUT2D eigenvalue weighted by Crippen LogP contribution is 2.36. The molecule has 0 heterocycles. The summed E-state index contributed by atoms with van der Waals surface area (Å²) in [5.41, 5.74) is 1.59. The molecular formula is C23H21NO3S. The molecule has 3 aromatic carbocycles. The van der Waals surface area contributed by atoms with E-state index < -0.39 is 11.2 Å². The second-order valence-corrected chi connectivity index (χ2v) is 7.30. The molecule has 0 fully saturated rings. The third-order valence-electron chi connectivity index (χ3n) is 4.17. The normalized spacial score (nSPS) is 11.5. The van der Waals surface area contributed by atoms with Crippen molar-refractivity contribution in [1.29, 1.82) is 0 Å². The van der Waals surface area contributed by atoms with E-state index in [4.69, 9.17) is 4.74 Å². The van der Waals surface area contributed by atoms with Crippen LogP contribution in [-0.4, -0.2) is 25.5 Å². The molecular weight excluding hydrogens is 370 g/mol. The van der Waals surface area contributed by atoms with E-state index in [2.05, 4.69) is 0 Å². The standard InChI is InChI=1S/C23H21NO3S/c1-24(19-13-7-3-8-14-19)21(25)17-27-23(26)22(18-11-5-2-6-12-18)28-20-15-9-4-10-16-20/h2-16,22H,17H2,1H3/t22-/m1/s1. The Morgan fingerprint density at radius 3 is 2.00 bits per heavy atom. The molecule has 0 aliphatic rings. The quantitative estimate of drug-likeness (QED) is 0.432. The molecule has 1 atom stereocenters. The van der Waals surface area contributed by atoms with Gasteiger partial charge in [0.25, 0.3) is 5.91 Å². The van der Waals surface area contributed by atoms with E-state index in [1.165, 1.54) is 16.7 Å². The van der Waals surface area contributed by atoms with Crippen molar-refractivity contribution in [1.82, 2.24) is 0 Å². The Morgan fingerprint density at radius 1 is 0.857 bits per heavy atom. The zero-order valence-electron chi connectivity index (χ0n) is 15.5. The number of amides is 1. The topological polar surface area (TPSA) is 46.6 Å². The summed E-state index contributed by atoms with van der Waals surface area (Å²) in [4.78, 5) is 27.6. The van der Waals surface area contributed by atoms with E-state index in [0.717, 1.165) is 16.1 Å². The summed E-state index contributed by atoms with van der Waals surface area (Å²) in [6.07, 6.45) is 0. The molecule has 0 spiro atoms. The number of anilines is 1. The monoisotopic (exact) mass is 391 g/mol. The molecule has 142 valence electrons. The van der Waals surface area contributed by atoms with Crippen LogP contribution in [0.2, 0.25) is 0 Å². The molecule has 5 heteroatoms. The largest absolute Gasteiger partial charge is 0.454 e. The first-order valence-electron chi connectivity index (χ1n) is 8.90. The van der Waals surface area contributed by atoms with Gasteiger partial charge in [0.15, 0.2) is 6.61 Å². The maximum Gasteiger partial charge on any atom is 0.324 e. The number of hydrogen-bond acceptors (Lipinski definition) is 4. The van der Waals surface area contributed by atoms with E-state index in [-0.39, 0.29) is 12.5 Å². The molecule has 3 aromatic rings. The van der Waals surface area contributed by atoms with Crippen LogP contribution in [0.4, 0.5) is 5.69 Å². The van der Waals surface area contributed by atoms with E-state index in [0.29, 0.717) is 0 Å². The van der Waals surface area contributed by atoms with Crippen molar-refractivity contribution in [3.63, 3.8) is 0 Å². The molecule has 0 unspecified atom stereocenters. The lowest BCUT2D eigenvalue weighted by Crippen LogP contribution is -2.31. The summed E-state index contributed by atoms with van der Waals surface area (Å²) in [5.74, 6) is -0.717. The van der Waals surface area contributed by atoms with Gasteiger partial charge in [0, 0.05) is 17.6 Å². The molecule has 4 nitrogen and oxygen atoms in total. The maximum atomic E-state index is 12.8. The van der Waals surface area contributed by atoms with Crippen molar-refractivity contribution >= 4 is 29.3 Å². The Bertz CT molecular complexity index is 901. The highest BCUT2D eigenvalue weighted by molar-refractivity contribution is 8.00. The first kappa shape index (κ1) is 19.7. The van der Waals surface area contributed by atoms with Gasteiger partial charge >= 0.3 is 5.97 Å². The van der Waals surface area contributed by atoms with Gasteiger partial charge in [0.2, 0.25) is 0 Å². The fraction of sp³-hybridized carbons (Fsp3) is 0.130. The van der Waals surface area contributed by atoms with Gasteiger partial charge in [0.05, 0.1) is 0 Å². The highest BCUT2D eigenvalue weighted by Gasteiger charge is 2.25. The minimum atomic E-state index is -0.543. The second kappa shape index (κ2) is 9.76. The van der Waals surface area contributed by atoms with Gasteiger partial charge in [-0.2, -0.15) is 0 Å². The van der Waals surface area contributed by atoms with Crippen molar-refractivity contribution in [2.24, 2.45) is 0 Å². The average molecular weight is 391 g/mol. The number of carbonyl (C=O) groups is 2. The molecule has 0 aliphatic heterocycles. The Morgan fingerprint density at radius 2 is 1.39 bits per heavy atom. The molecule has 0 aromatic heterocycles. The fourth-order valence-electron chi connectivity index (χ4n) is 2.62. The number of likely N-dealkylation sites (N-methyl/N-ethyl adjacent to an activating group) is 1. The molecule has 0 aliphatic carbocycles. The van der Waals surface area contributed by atoms with Crippen LogP contribution >= 0.6 is 11.8 Å². The summed E-state index contributed by atoms with van der Waals surface area (Å²) >= 11 is 1.41. The summed E-state index contributed by atoms with van der Waals surface area (Å²) < 4.78 is 5.38. The van der Waals surface area contributed by atoms with Crippen LogP contribution in [0, 0.1) is 0 Å². The Labute approximate surface area is 169 Å². The van der Waals surface area contributed by atoms with E-state index in [1.807, 2.05) is 91.0 Å². The van der Waals surface area contributed by atoms with Crippen molar-refractivity contribution in [3.8, 4) is 0 Å².